The number of hydrogen-bond donors (Lipinski definition) is 2. The molecule has 1 aromatic carbocycles. The summed E-state index contributed by atoms with van der Waals surface area (Å²) in [4.78, 5) is 16.3. The van der Waals surface area contributed by atoms with Crippen molar-refractivity contribution in [2.24, 2.45) is 0 Å². The van der Waals surface area contributed by atoms with Gasteiger partial charge in [0.15, 0.2) is 0 Å². The Balaban J connectivity index is 0.00000192. The molecule has 0 aliphatic carbocycles. The first kappa shape index (κ1) is 17.2. The number of rotatable bonds is 4. The molecule has 0 spiro atoms. The number of nitrogens with one attached hydrogen (secondary N) is 2. The fourth-order valence-electron chi connectivity index (χ4n) is 2.51. The number of aromatic nitrogens is 1. The number of ether oxygens (including phenoxy) is 1. The summed E-state index contributed by atoms with van der Waals surface area (Å²) >= 11 is 0. The number of halogens is 1. The fraction of sp³-hybridized carbons (Fsp3) is 0.294. The number of amides is 1. The average molecular weight is 334 g/mol. The van der Waals surface area contributed by atoms with Gasteiger partial charge in [0.25, 0.3) is 0 Å². The van der Waals surface area contributed by atoms with E-state index in [1.54, 1.807) is 12.4 Å². The first-order valence-electron chi connectivity index (χ1n) is 7.40. The van der Waals surface area contributed by atoms with Crippen LogP contribution in [0.1, 0.15) is 19.8 Å². The van der Waals surface area contributed by atoms with Crippen LogP contribution in [0.5, 0.6) is 11.5 Å². The molecule has 0 bridgehead atoms. The molecule has 6 heteroatoms. The average Bonchev–Trinajstić information content (AvgIpc) is 2.98. The number of carbonyl (C=O) groups is 1. The van der Waals surface area contributed by atoms with Gasteiger partial charge in [0.1, 0.15) is 11.5 Å². The van der Waals surface area contributed by atoms with Crippen LogP contribution in [-0.4, -0.2) is 23.0 Å². The molecule has 1 amide bonds. The van der Waals surface area contributed by atoms with Crippen molar-refractivity contribution >= 4 is 24.0 Å². The molecule has 0 saturated carbocycles. The molecule has 5 nitrogen and oxygen atoms in total. The summed E-state index contributed by atoms with van der Waals surface area (Å²) in [7, 11) is 0. The van der Waals surface area contributed by atoms with E-state index in [0.29, 0.717) is 11.5 Å². The van der Waals surface area contributed by atoms with Gasteiger partial charge in [0.05, 0.1) is 11.7 Å². The van der Waals surface area contributed by atoms with Crippen LogP contribution in [0.25, 0.3) is 0 Å². The molecular formula is C17H20ClN3O2. The quantitative estimate of drug-likeness (QED) is 0.900. The number of nitrogens with zero attached hydrogens (tertiary/aromatic N) is 1. The molecule has 1 fully saturated rings. The molecule has 122 valence electrons. The lowest BCUT2D eigenvalue weighted by Crippen LogP contribution is -2.47. The van der Waals surface area contributed by atoms with Crippen molar-refractivity contribution in [3.8, 4) is 11.5 Å². The molecule has 2 aromatic rings. The number of benzene rings is 1. The first-order valence-corrected chi connectivity index (χ1v) is 7.40. The first-order chi connectivity index (χ1) is 10.7. The van der Waals surface area contributed by atoms with Gasteiger partial charge in [0.2, 0.25) is 5.91 Å². The lowest BCUT2D eigenvalue weighted by atomic mass is 9.99. The summed E-state index contributed by atoms with van der Waals surface area (Å²) in [6.07, 6.45) is 5.24. The second kappa shape index (κ2) is 7.44. The molecule has 1 aliphatic rings. The largest absolute Gasteiger partial charge is 0.456 e. The topological polar surface area (TPSA) is 63.2 Å². The van der Waals surface area contributed by atoms with Gasteiger partial charge in [-0.2, -0.15) is 0 Å². The Labute approximate surface area is 141 Å². The molecular weight excluding hydrogens is 314 g/mol. The normalized spacial score (nSPS) is 19.7. The maximum absolute atomic E-state index is 12.3. The zero-order valence-electron chi connectivity index (χ0n) is 12.9. The van der Waals surface area contributed by atoms with E-state index in [1.807, 2.05) is 43.3 Å². The minimum absolute atomic E-state index is 0. The molecule has 1 saturated heterocycles. The standard InChI is InChI=1S/C17H19N3O2.ClH/c1-17(9-3-11-19-17)16(21)20-13-5-7-14(8-6-13)22-15-4-2-10-18-12-15;/h2,4-8,10,12,19H,3,9,11H2,1H3,(H,20,21);1H/t17-;/m0./s1. The van der Waals surface area contributed by atoms with Crippen LogP contribution in [0.2, 0.25) is 0 Å². The SMILES string of the molecule is C[C@@]1(C(=O)Nc2ccc(Oc3cccnc3)cc2)CCCN1.Cl. The van der Waals surface area contributed by atoms with Crippen molar-refractivity contribution in [2.75, 3.05) is 11.9 Å². The summed E-state index contributed by atoms with van der Waals surface area (Å²) in [5.41, 5.74) is 0.295. The van der Waals surface area contributed by atoms with Crippen molar-refractivity contribution in [3.05, 3.63) is 48.8 Å². The van der Waals surface area contributed by atoms with E-state index < -0.39 is 5.54 Å². The third-order valence-corrected chi connectivity index (χ3v) is 3.85. The van der Waals surface area contributed by atoms with Crippen molar-refractivity contribution in [2.45, 2.75) is 25.3 Å². The highest BCUT2D eigenvalue weighted by Gasteiger charge is 2.35. The summed E-state index contributed by atoms with van der Waals surface area (Å²) < 4.78 is 5.67. The van der Waals surface area contributed by atoms with Crippen molar-refractivity contribution in [3.63, 3.8) is 0 Å². The number of anilines is 1. The van der Waals surface area contributed by atoms with Gasteiger partial charge in [-0.25, -0.2) is 0 Å². The Morgan fingerprint density at radius 2 is 2.04 bits per heavy atom. The molecule has 0 radical (unpaired) electrons. The number of carbonyl (C=O) groups excluding carboxylic acids is 1. The summed E-state index contributed by atoms with van der Waals surface area (Å²) in [5, 5.41) is 6.20. The molecule has 2 N–H and O–H groups in total. The molecule has 3 rings (SSSR count). The summed E-state index contributed by atoms with van der Waals surface area (Å²) in [6, 6.07) is 11.0. The van der Waals surface area contributed by atoms with E-state index in [2.05, 4.69) is 15.6 Å². The van der Waals surface area contributed by atoms with E-state index in [9.17, 15) is 4.79 Å². The molecule has 1 aromatic heterocycles. The Hall–Kier alpha value is -2.11. The predicted octanol–water partition coefficient (Wildman–Crippen LogP) is 3.38. The predicted molar refractivity (Wildman–Crippen MR) is 92.3 cm³/mol. The van der Waals surface area contributed by atoms with E-state index >= 15 is 0 Å². The number of pyridine rings is 1. The van der Waals surface area contributed by atoms with Crippen molar-refractivity contribution < 1.29 is 9.53 Å². The van der Waals surface area contributed by atoms with E-state index in [-0.39, 0.29) is 18.3 Å². The second-order valence-electron chi connectivity index (χ2n) is 5.63. The Morgan fingerprint density at radius 3 is 2.65 bits per heavy atom. The maximum atomic E-state index is 12.3. The molecule has 2 heterocycles. The van der Waals surface area contributed by atoms with Gasteiger partial charge < -0.3 is 15.4 Å². The van der Waals surface area contributed by atoms with Gasteiger partial charge in [-0.3, -0.25) is 9.78 Å². The third-order valence-electron chi connectivity index (χ3n) is 3.85. The smallest absolute Gasteiger partial charge is 0.244 e. The Bertz CT molecular complexity index is 641. The van der Waals surface area contributed by atoms with Crippen LogP contribution in [-0.2, 0) is 4.79 Å². The minimum Gasteiger partial charge on any atom is -0.456 e. The van der Waals surface area contributed by atoms with Crippen molar-refractivity contribution in [1.29, 1.82) is 0 Å². The Morgan fingerprint density at radius 1 is 1.26 bits per heavy atom. The van der Waals surface area contributed by atoms with Gasteiger partial charge in [0, 0.05) is 11.9 Å². The highest BCUT2D eigenvalue weighted by atomic mass is 35.5. The third kappa shape index (κ3) is 4.21. The van der Waals surface area contributed by atoms with Crippen LogP contribution in [0, 0.1) is 0 Å². The zero-order chi connectivity index (χ0) is 15.4. The lowest BCUT2D eigenvalue weighted by molar-refractivity contribution is -0.121. The summed E-state index contributed by atoms with van der Waals surface area (Å²) in [5.74, 6) is 1.39. The molecule has 1 aliphatic heterocycles. The monoisotopic (exact) mass is 333 g/mol. The van der Waals surface area contributed by atoms with Crippen LogP contribution >= 0.6 is 12.4 Å². The van der Waals surface area contributed by atoms with Gasteiger partial charge in [-0.15, -0.1) is 12.4 Å². The Kier molecular flexibility index (Phi) is 5.58. The highest BCUT2D eigenvalue weighted by Crippen LogP contribution is 2.24. The van der Waals surface area contributed by atoms with Crippen LogP contribution in [0.4, 0.5) is 5.69 Å². The van der Waals surface area contributed by atoms with Crippen LogP contribution in [0.3, 0.4) is 0 Å². The van der Waals surface area contributed by atoms with Crippen molar-refractivity contribution in [1.82, 2.24) is 10.3 Å². The highest BCUT2D eigenvalue weighted by molar-refractivity contribution is 5.98. The lowest BCUT2D eigenvalue weighted by Gasteiger charge is -2.23. The fourth-order valence-corrected chi connectivity index (χ4v) is 2.51. The van der Waals surface area contributed by atoms with Gasteiger partial charge in [-0.05, 0) is 62.7 Å². The summed E-state index contributed by atoms with van der Waals surface area (Å²) in [6.45, 7) is 2.83. The minimum atomic E-state index is -0.467. The van der Waals surface area contributed by atoms with Gasteiger partial charge >= 0.3 is 0 Å². The molecule has 1 atom stereocenters. The maximum Gasteiger partial charge on any atom is 0.244 e. The van der Waals surface area contributed by atoms with Crippen LogP contribution < -0.4 is 15.4 Å². The van der Waals surface area contributed by atoms with E-state index in [0.717, 1.165) is 25.1 Å². The van der Waals surface area contributed by atoms with E-state index in [1.165, 1.54) is 0 Å². The molecule has 23 heavy (non-hydrogen) atoms. The number of hydrogen-bond acceptors (Lipinski definition) is 4. The second-order valence-corrected chi connectivity index (χ2v) is 5.63. The molecule has 0 unspecified atom stereocenters. The zero-order valence-corrected chi connectivity index (χ0v) is 13.7. The van der Waals surface area contributed by atoms with E-state index in [4.69, 9.17) is 4.74 Å². The van der Waals surface area contributed by atoms with Gasteiger partial charge in [-0.1, -0.05) is 0 Å². The van der Waals surface area contributed by atoms with Crippen LogP contribution in [0.15, 0.2) is 48.8 Å².